The number of ketones is 2. The zero-order valence-corrected chi connectivity index (χ0v) is 32.8. The second kappa shape index (κ2) is 13.5. The van der Waals surface area contributed by atoms with Crippen LogP contribution in [0.2, 0.25) is 0 Å². The molecule has 2 aliphatic carbocycles. The number of benzene rings is 2. The lowest BCUT2D eigenvalue weighted by molar-refractivity contribution is -0.880. The number of aliphatic hydroxyl groups excluding tert-OH is 2. The minimum Gasteiger partial charge on any atom is -0.633 e. The number of hydrogen-bond acceptors (Lipinski definition) is 16. The van der Waals surface area contributed by atoms with Gasteiger partial charge in [0.15, 0.2) is 30.0 Å². The van der Waals surface area contributed by atoms with Gasteiger partial charge in [-0.25, -0.2) is 0 Å². The summed E-state index contributed by atoms with van der Waals surface area (Å²) < 4.78 is 46.3. The SMILES string of the molecule is COC(=O)C1c2cc3c(cc2C(OC2OC(C)C(OC)C(C)(OC)C2OC)CC1(C)O)C(=O)c1c(O)cc2c(c1C3=O)OC1OC2(C)C(O)C([N+](C)(C)[O-])C1O. The minimum absolute atomic E-state index is 0.0255. The third-order valence-electron chi connectivity index (χ3n) is 12.5. The molecule has 2 fully saturated rings. The van der Waals surface area contributed by atoms with Crippen LogP contribution in [0.3, 0.4) is 0 Å². The van der Waals surface area contributed by atoms with Crippen molar-refractivity contribution in [2.75, 3.05) is 42.5 Å². The van der Waals surface area contributed by atoms with Crippen LogP contribution in [0.25, 0.3) is 0 Å². The van der Waals surface area contributed by atoms with Gasteiger partial charge in [-0.05, 0) is 57.0 Å². The van der Waals surface area contributed by atoms with Crippen molar-refractivity contribution in [1.29, 1.82) is 0 Å². The normalized spacial score (nSPS) is 38.8. The molecule has 0 aromatic heterocycles. The molecule has 2 bridgehead atoms. The molecule has 4 N–H and O–H groups in total. The zero-order valence-electron chi connectivity index (χ0n) is 32.8. The third-order valence-corrected chi connectivity index (χ3v) is 12.5. The maximum atomic E-state index is 14.7. The number of phenols is 1. The molecule has 7 rings (SSSR count). The Morgan fingerprint density at radius 3 is 2.12 bits per heavy atom. The van der Waals surface area contributed by atoms with Gasteiger partial charge >= 0.3 is 5.97 Å². The molecule has 17 heteroatoms. The number of quaternary nitrogens is 1. The lowest BCUT2D eigenvalue weighted by Gasteiger charge is -2.57. The molecule has 3 heterocycles. The molecule has 13 unspecified atom stereocenters. The van der Waals surface area contributed by atoms with E-state index in [0.29, 0.717) is 0 Å². The molecule has 56 heavy (non-hydrogen) atoms. The minimum atomic E-state index is -1.82. The Bertz CT molecular complexity index is 1980. The monoisotopic (exact) mass is 787 g/mol. The summed E-state index contributed by atoms with van der Waals surface area (Å²) in [6.45, 7) is 6.44. The summed E-state index contributed by atoms with van der Waals surface area (Å²) in [4.78, 5) is 42.7. The number of fused-ring (bicyclic) bond motifs is 8. The number of esters is 1. The number of hydrogen-bond donors (Lipinski definition) is 4. The second-order valence-electron chi connectivity index (χ2n) is 16.3. The first-order valence-electron chi connectivity index (χ1n) is 18.3. The Hall–Kier alpha value is -3.59. The Labute approximate surface area is 323 Å². The maximum absolute atomic E-state index is 14.7. The van der Waals surface area contributed by atoms with E-state index in [4.69, 9.17) is 37.9 Å². The number of rotatable bonds is 7. The highest BCUT2D eigenvalue weighted by atomic mass is 16.7. The Morgan fingerprint density at radius 2 is 1.55 bits per heavy atom. The summed E-state index contributed by atoms with van der Waals surface area (Å²) in [5.41, 5.74) is -5.37. The largest absolute Gasteiger partial charge is 0.633 e. The summed E-state index contributed by atoms with van der Waals surface area (Å²) >= 11 is 0. The molecule has 0 saturated carbocycles. The van der Waals surface area contributed by atoms with E-state index < -0.39 is 111 Å². The van der Waals surface area contributed by atoms with Gasteiger partial charge in [0.05, 0.1) is 50.1 Å². The lowest BCUT2D eigenvalue weighted by atomic mass is 9.68. The van der Waals surface area contributed by atoms with Crippen molar-refractivity contribution in [2.24, 2.45) is 0 Å². The number of phenolic OH excluding ortho intramolecular Hbond substituents is 1. The van der Waals surface area contributed by atoms with E-state index >= 15 is 0 Å². The van der Waals surface area contributed by atoms with Crippen LogP contribution in [-0.4, -0.2) is 145 Å². The maximum Gasteiger partial charge on any atom is 0.316 e. The van der Waals surface area contributed by atoms with Gasteiger partial charge in [0, 0.05) is 44.4 Å². The molecule has 5 aliphatic rings. The van der Waals surface area contributed by atoms with Crippen LogP contribution in [-0.2, 0) is 43.6 Å². The number of ether oxygens (including phenoxy) is 8. The van der Waals surface area contributed by atoms with Gasteiger partial charge in [-0.3, -0.25) is 14.4 Å². The number of methoxy groups -OCH3 is 4. The number of likely N-dealkylation sites (N-methyl/N-ethyl adjacent to an activating group) is 1. The fourth-order valence-corrected chi connectivity index (χ4v) is 9.67. The number of carbonyl (C=O) groups is 3. The van der Waals surface area contributed by atoms with E-state index in [1.54, 1.807) is 13.8 Å². The number of aliphatic hydroxyl groups is 3. The summed E-state index contributed by atoms with van der Waals surface area (Å²) in [6, 6.07) is 2.52. The average Bonchev–Trinajstić information content (AvgIpc) is 3.11. The summed E-state index contributed by atoms with van der Waals surface area (Å²) in [5, 5.41) is 59.1. The zero-order chi connectivity index (χ0) is 41.2. The highest BCUT2D eigenvalue weighted by Gasteiger charge is 2.62. The quantitative estimate of drug-likeness (QED) is 0.151. The number of hydroxylamine groups is 3. The van der Waals surface area contributed by atoms with E-state index in [1.807, 2.05) is 0 Å². The van der Waals surface area contributed by atoms with Crippen molar-refractivity contribution in [1.82, 2.24) is 0 Å². The van der Waals surface area contributed by atoms with E-state index in [-0.39, 0.29) is 45.6 Å². The van der Waals surface area contributed by atoms with Crippen molar-refractivity contribution in [2.45, 2.75) is 112 Å². The number of nitrogens with zero attached hydrogens (tertiary/aromatic N) is 1. The highest BCUT2D eigenvalue weighted by Crippen LogP contribution is 2.55. The predicted octanol–water partition coefficient (Wildman–Crippen LogP) is 1.45. The van der Waals surface area contributed by atoms with Crippen LogP contribution in [0, 0.1) is 5.21 Å². The fraction of sp³-hybridized carbons (Fsp3) is 0.615. The fourth-order valence-electron chi connectivity index (χ4n) is 9.67. The van der Waals surface area contributed by atoms with E-state index in [0.717, 1.165) is 13.2 Å². The molecule has 0 radical (unpaired) electrons. The van der Waals surface area contributed by atoms with Crippen molar-refractivity contribution in [3.8, 4) is 11.5 Å². The van der Waals surface area contributed by atoms with E-state index in [2.05, 4.69) is 0 Å². The first-order valence-corrected chi connectivity index (χ1v) is 18.3. The van der Waals surface area contributed by atoms with Crippen molar-refractivity contribution in [3.63, 3.8) is 0 Å². The molecule has 2 aromatic rings. The van der Waals surface area contributed by atoms with Crippen LogP contribution in [0.5, 0.6) is 11.5 Å². The average molecular weight is 788 g/mol. The van der Waals surface area contributed by atoms with Gasteiger partial charge in [0.2, 0.25) is 6.29 Å². The molecule has 17 nitrogen and oxygen atoms in total. The van der Waals surface area contributed by atoms with Crippen molar-refractivity contribution >= 4 is 17.5 Å². The van der Waals surface area contributed by atoms with Gasteiger partial charge in [-0.1, -0.05) is 0 Å². The molecular formula is C39H49NO16. The number of carbonyl (C=O) groups excluding carboxylic acids is 3. The van der Waals surface area contributed by atoms with Gasteiger partial charge in [-0.2, -0.15) is 0 Å². The van der Waals surface area contributed by atoms with Crippen LogP contribution < -0.4 is 4.74 Å². The first-order chi connectivity index (χ1) is 26.1. The molecular weight excluding hydrogens is 738 g/mol. The standard InChI is InChI=1S/C39H49NO16/c1-15-32(49-7)39(4,52-10)33(50-8)36(53-15)54-22-14-37(2,47)25(34(46)51-9)17-12-19-18(11-16(17)22)27(42)23-21(41)13-20-30(24(23)28(19)43)55-35-29(44)26(40(5,6)48)31(45)38(20,3)56-35/h11-13,15,22,25-26,29,31-33,35-36,41,44-45,47H,14H2,1-10H3. The van der Waals surface area contributed by atoms with Crippen molar-refractivity contribution < 1.29 is 77.4 Å². The topological polar surface area (TPSA) is 229 Å². The lowest BCUT2D eigenvalue weighted by Crippen LogP contribution is -2.71. The Morgan fingerprint density at radius 1 is 0.946 bits per heavy atom. The van der Waals surface area contributed by atoms with Crippen LogP contribution in [0.4, 0.5) is 0 Å². The molecule has 2 aromatic carbocycles. The Kier molecular flexibility index (Phi) is 9.78. The number of aromatic hydroxyl groups is 1. The summed E-state index contributed by atoms with van der Waals surface area (Å²) in [6.07, 6.45) is -9.19. The van der Waals surface area contributed by atoms with Gasteiger partial charge < -0.3 is 68.2 Å². The van der Waals surface area contributed by atoms with Gasteiger partial charge in [-0.15, -0.1) is 0 Å². The first kappa shape index (κ1) is 40.6. The predicted molar refractivity (Wildman–Crippen MR) is 191 cm³/mol. The molecule has 306 valence electrons. The molecule has 2 saturated heterocycles. The molecule has 13 atom stereocenters. The highest BCUT2D eigenvalue weighted by molar-refractivity contribution is 6.30. The van der Waals surface area contributed by atoms with Crippen LogP contribution >= 0.6 is 0 Å². The van der Waals surface area contributed by atoms with Crippen LogP contribution in [0.1, 0.15) is 94.7 Å². The second-order valence-corrected chi connectivity index (χ2v) is 16.3. The van der Waals surface area contributed by atoms with Crippen molar-refractivity contribution in [3.05, 3.63) is 62.4 Å². The van der Waals surface area contributed by atoms with Gasteiger partial charge in [0.25, 0.3) is 0 Å². The third kappa shape index (κ3) is 5.66. The van der Waals surface area contributed by atoms with Crippen LogP contribution in [0.15, 0.2) is 18.2 Å². The smallest absolute Gasteiger partial charge is 0.316 e. The molecule has 0 spiro atoms. The summed E-state index contributed by atoms with van der Waals surface area (Å²) in [7, 11) is 8.13. The van der Waals surface area contributed by atoms with Gasteiger partial charge in [0.1, 0.15) is 46.9 Å². The van der Waals surface area contributed by atoms with E-state index in [1.165, 1.54) is 61.4 Å². The molecule has 3 aliphatic heterocycles. The molecule has 0 amide bonds. The van der Waals surface area contributed by atoms with E-state index in [9.17, 15) is 40.0 Å². The summed E-state index contributed by atoms with van der Waals surface area (Å²) in [5.74, 6) is -4.60. The Balaban J connectivity index is 1.37.